The Kier molecular flexibility index (Phi) is 5.95. The van der Waals surface area contributed by atoms with Gasteiger partial charge in [0.05, 0.1) is 5.56 Å². The molecular weight excluding hydrogens is 254 g/mol. The smallest absolute Gasteiger partial charge is 0.255 e. The van der Waals surface area contributed by atoms with Crippen LogP contribution in [0.4, 0.5) is 0 Å². The van der Waals surface area contributed by atoms with Gasteiger partial charge in [0.15, 0.2) is 0 Å². The summed E-state index contributed by atoms with van der Waals surface area (Å²) in [6, 6.07) is 4.35. The van der Waals surface area contributed by atoms with E-state index in [4.69, 9.17) is 16.7 Å². The molecule has 18 heavy (non-hydrogen) atoms. The number of carbonyl (C=O) groups excluding carboxylic acids is 1. The van der Waals surface area contributed by atoms with E-state index in [0.717, 1.165) is 12.8 Å². The lowest BCUT2D eigenvalue weighted by atomic mass is 10.1. The number of amides is 1. The lowest BCUT2D eigenvalue weighted by Crippen LogP contribution is -2.25. The van der Waals surface area contributed by atoms with Crippen molar-refractivity contribution in [1.29, 1.82) is 0 Å². The van der Waals surface area contributed by atoms with Crippen molar-refractivity contribution in [1.82, 2.24) is 5.32 Å². The van der Waals surface area contributed by atoms with Crippen LogP contribution in [0.1, 0.15) is 30.1 Å². The Morgan fingerprint density at radius 1 is 1.50 bits per heavy atom. The Hall–Kier alpha value is -1.26. The summed E-state index contributed by atoms with van der Waals surface area (Å²) in [5.74, 6) is -0.186. The number of hydrogen-bond acceptors (Lipinski definition) is 3. The molecule has 4 nitrogen and oxygen atoms in total. The standard InChI is InChI=1S/C13H18ClNO3/c1-9(8-16)3-2-6-15-13(18)11-7-10(14)4-5-12(11)17/h4-5,7,9,16-17H,2-3,6,8H2,1H3,(H,15,18). The summed E-state index contributed by atoms with van der Waals surface area (Å²) < 4.78 is 0. The lowest BCUT2D eigenvalue weighted by Gasteiger charge is -2.09. The summed E-state index contributed by atoms with van der Waals surface area (Å²) in [5.41, 5.74) is 0.178. The van der Waals surface area contributed by atoms with Crippen LogP contribution in [0.5, 0.6) is 5.75 Å². The van der Waals surface area contributed by atoms with Crippen LogP contribution in [0.25, 0.3) is 0 Å². The van der Waals surface area contributed by atoms with E-state index in [9.17, 15) is 9.90 Å². The predicted octanol–water partition coefficient (Wildman–Crippen LogP) is 2.18. The zero-order valence-electron chi connectivity index (χ0n) is 10.3. The molecule has 0 heterocycles. The zero-order valence-corrected chi connectivity index (χ0v) is 11.1. The monoisotopic (exact) mass is 271 g/mol. The van der Waals surface area contributed by atoms with Gasteiger partial charge >= 0.3 is 0 Å². The van der Waals surface area contributed by atoms with Crippen LogP contribution in [-0.2, 0) is 0 Å². The van der Waals surface area contributed by atoms with Crippen LogP contribution in [0.15, 0.2) is 18.2 Å². The zero-order chi connectivity index (χ0) is 13.5. The minimum Gasteiger partial charge on any atom is -0.507 e. The first-order chi connectivity index (χ1) is 8.54. The molecule has 1 unspecified atom stereocenters. The second-order valence-electron chi connectivity index (χ2n) is 4.35. The quantitative estimate of drug-likeness (QED) is 0.695. The SMILES string of the molecule is CC(CO)CCCNC(=O)c1cc(Cl)ccc1O. The number of phenolic OH excluding ortho intramolecular Hbond substituents is 1. The van der Waals surface area contributed by atoms with Gasteiger partial charge in [-0.2, -0.15) is 0 Å². The number of rotatable bonds is 6. The Labute approximate surface area is 112 Å². The Morgan fingerprint density at radius 3 is 2.89 bits per heavy atom. The van der Waals surface area contributed by atoms with Crippen molar-refractivity contribution < 1.29 is 15.0 Å². The fraction of sp³-hybridized carbons (Fsp3) is 0.462. The second-order valence-corrected chi connectivity index (χ2v) is 4.78. The van der Waals surface area contributed by atoms with Gasteiger partial charge in [0.1, 0.15) is 5.75 Å². The highest BCUT2D eigenvalue weighted by Crippen LogP contribution is 2.21. The first-order valence-corrected chi connectivity index (χ1v) is 6.30. The van der Waals surface area contributed by atoms with Crippen molar-refractivity contribution in [3.63, 3.8) is 0 Å². The van der Waals surface area contributed by atoms with Gasteiger partial charge in [0.25, 0.3) is 5.91 Å². The maximum atomic E-state index is 11.8. The molecule has 0 fully saturated rings. The molecule has 0 aliphatic rings. The van der Waals surface area contributed by atoms with E-state index in [1.807, 2.05) is 6.92 Å². The van der Waals surface area contributed by atoms with E-state index in [1.165, 1.54) is 18.2 Å². The molecule has 1 amide bonds. The first kappa shape index (κ1) is 14.8. The lowest BCUT2D eigenvalue weighted by molar-refractivity contribution is 0.0949. The summed E-state index contributed by atoms with van der Waals surface area (Å²) in [7, 11) is 0. The van der Waals surface area contributed by atoms with E-state index >= 15 is 0 Å². The number of aliphatic hydroxyl groups is 1. The molecule has 1 aromatic rings. The van der Waals surface area contributed by atoms with Gasteiger partial charge in [-0.25, -0.2) is 0 Å². The average Bonchev–Trinajstić information content (AvgIpc) is 2.36. The van der Waals surface area contributed by atoms with Gasteiger partial charge in [0, 0.05) is 18.2 Å². The molecule has 0 saturated carbocycles. The first-order valence-electron chi connectivity index (χ1n) is 5.92. The molecular formula is C13H18ClNO3. The van der Waals surface area contributed by atoms with Gasteiger partial charge < -0.3 is 15.5 Å². The van der Waals surface area contributed by atoms with Crippen LogP contribution in [0.3, 0.4) is 0 Å². The van der Waals surface area contributed by atoms with Crippen LogP contribution in [-0.4, -0.2) is 29.3 Å². The van der Waals surface area contributed by atoms with Gasteiger partial charge in [-0.1, -0.05) is 18.5 Å². The normalized spacial score (nSPS) is 12.2. The molecule has 1 aromatic carbocycles. The van der Waals surface area contributed by atoms with Crippen LogP contribution in [0.2, 0.25) is 5.02 Å². The molecule has 0 bridgehead atoms. The molecule has 3 N–H and O–H groups in total. The maximum Gasteiger partial charge on any atom is 0.255 e. The third kappa shape index (κ3) is 4.55. The van der Waals surface area contributed by atoms with E-state index in [1.54, 1.807) is 0 Å². The molecule has 1 atom stereocenters. The number of phenols is 1. The minimum absolute atomic E-state index is 0.0828. The van der Waals surface area contributed by atoms with Crippen LogP contribution < -0.4 is 5.32 Å². The van der Waals surface area contributed by atoms with Gasteiger partial charge in [0.2, 0.25) is 0 Å². The number of hydrogen-bond donors (Lipinski definition) is 3. The highest BCUT2D eigenvalue weighted by atomic mass is 35.5. The predicted molar refractivity (Wildman–Crippen MR) is 70.9 cm³/mol. The largest absolute Gasteiger partial charge is 0.507 e. The summed E-state index contributed by atoms with van der Waals surface area (Å²) >= 11 is 5.76. The van der Waals surface area contributed by atoms with E-state index in [0.29, 0.717) is 11.6 Å². The molecule has 0 aliphatic heterocycles. The average molecular weight is 272 g/mol. The van der Waals surface area contributed by atoms with E-state index in [2.05, 4.69) is 5.32 Å². The van der Waals surface area contributed by atoms with Crippen molar-refractivity contribution in [2.24, 2.45) is 5.92 Å². The molecule has 0 aromatic heterocycles. The molecule has 0 radical (unpaired) electrons. The number of benzene rings is 1. The van der Waals surface area contributed by atoms with E-state index in [-0.39, 0.29) is 29.7 Å². The van der Waals surface area contributed by atoms with Gasteiger partial charge in [-0.3, -0.25) is 4.79 Å². The fourth-order valence-electron chi connectivity index (χ4n) is 1.53. The van der Waals surface area contributed by atoms with Crippen molar-refractivity contribution in [3.8, 4) is 5.75 Å². The molecule has 0 aliphatic carbocycles. The summed E-state index contributed by atoms with van der Waals surface area (Å²) in [5, 5.41) is 21.5. The number of nitrogens with one attached hydrogen (secondary N) is 1. The second kappa shape index (κ2) is 7.24. The Bertz CT molecular complexity index is 409. The molecule has 0 spiro atoms. The van der Waals surface area contributed by atoms with Crippen molar-refractivity contribution in [2.45, 2.75) is 19.8 Å². The molecule has 1 rings (SSSR count). The van der Waals surface area contributed by atoms with E-state index < -0.39 is 0 Å². The number of carbonyl (C=O) groups is 1. The fourth-order valence-corrected chi connectivity index (χ4v) is 1.70. The third-order valence-electron chi connectivity index (χ3n) is 2.67. The summed E-state index contributed by atoms with van der Waals surface area (Å²) in [4.78, 5) is 11.8. The summed E-state index contributed by atoms with van der Waals surface area (Å²) in [6.07, 6.45) is 1.63. The summed E-state index contributed by atoms with van der Waals surface area (Å²) in [6.45, 7) is 2.61. The number of aliphatic hydroxyl groups excluding tert-OH is 1. The highest BCUT2D eigenvalue weighted by molar-refractivity contribution is 6.31. The molecule has 100 valence electrons. The van der Waals surface area contributed by atoms with Gasteiger partial charge in [-0.05, 0) is 37.0 Å². The maximum absolute atomic E-state index is 11.8. The number of halogens is 1. The highest BCUT2D eigenvalue weighted by Gasteiger charge is 2.11. The van der Waals surface area contributed by atoms with Crippen LogP contribution >= 0.6 is 11.6 Å². The number of aromatic hydroxyl groups is 1. The molecule has 0 saturated heterocycles. The molecule has 5 heteroatoms. The van der Waals surface area contributed by atoms with Crippen molar-refractivity contribution >= 4 is 17.5 Å². The minimum atomic E-state index is -0.341. The van der Waals surface area contributed by atoms with Gasteiger partial charge in [-0.15, -0.1) is 0 Å². The Morgan fingerprint density at radius 2 is 2.22 bits per heavy atom. The Balaban J connectivity index is 2.43. The van der Waals surface area contributed by atoms with Crippen molar-refractivity contribution in [3.05, 3.63) is 28.8 Å². The van der Waals surface area contributed by atoms with Crippen LogP contribution in [0, 0.1) is 5.92 Å². The third-order valence-corrected chi connectivity index (χ3v) is 2.91. The van der Waals surface area contributed by atoms with Crippen molar-refractivity contribution in [2.75, 3.05) is 13.2 Å². The topological polar surface area (TPSA) is 69.6 Å².